The highest BCUT2D eigenvalue weighted by Gasteiger charge is 2.36. The van der Waals surface area contributed by atoms with E-state index in [-0.39, 0.29) is 17.8 Å². The Morgan fingerprint density at radius 1 is 1.39 bits per heavy atom. The van der Waals surface area contributed by atoms with E-state index in [9.17, 15) is 4.79 Å². The number of methoxy groups -OCH3 is 1. The number of hydrogen-bond donors (Lipinski definition) is 1. The zero-order valence-electron chi connectivity index (χ0n) is 17.9. The standard InChI is InChI=1S/C19H34N6O2S/c1-13(2)10-25-16(22-23-19(25)28-6)8-7-9-21-18(20-4)24-11-14(3)15(12-24)17(26)27-5/h13-15H,7-12H2,1-6H3,(H,20,21). The van der Waals surface area contributed by atoms with Crippen molar-refractivity contribution in [3.05, 3.63) is 5.82 Å². The number of esters is 1. The van der Waals surface area contributed by atoms with Gasteiger partial charge in [-0.15, -0.1) is 10.2 Å². The molecular formula is C19H34N6O2S. The SMILES string of the molecule is CN=C(NCCCc1nnc(SC)n1CC(C)C)N1CC(C)C(C(=O)OC)C1. The van der Waals surface area contributed by atoms with E-state index in [1.807, 2.05) is 6.26 Å². The maximum Gasteiger partial charge on any atom is 0.310 e. The molecule has 0 spiro atoms. The third-order valence-electron chi connectivity index (χ3n) is 5.01. The zero-order chi connectivity index (χ0) is 20.7. The average Bonchev–Trinajstić information content (AvgIpc) is 3.24. The molecule has 8 nitrogen and oxygen atoms in total. The average molecular weight is 411 g/mol. The second kappa shape index (κ2) is 10.7. The van der Waals surface area contributed by atoms with Crippen LogP contribution in [0.3, 0.4) is 0 Å². The maximum atomic E-state index is 11.9. The Morgan fingerprint density at radius 2 is 2.14 bits per heavy atom. The molecule has 1 aromatic heterocycles. The molecule has 0 bridgehead atoms. The van der Waals surface area contributed by atoms with E-state index in [1.165, 1.54) is 7.11 Å². The molecule has 1 saturated heterocycles. The summed E-state index contributed by atoms with van der Waals surface area (Å²) in [5.74, 6) is 2.45. The van der Waals surface area contributed by atoms with Crippen molar-refractivity contribution >= 4 is 23.7 Å². The van der Waals surface area contributed by atoms with Crippen LogP contribution in [0.25, 0.3) is 0 Å². The Bertz CT molecular complexity index is 675. The smallest absolute Gasteiger partial charge is 0.310 e. The van der Waals surface area contributed by atoms with Gasteiger partial charge in [-0.1, -0.05) is 32.5 Å². The number of aryl methyl sites for hydroxylation is 1. The molecule has 1 N–H and O–H groups in total. The molecule has 1 aliphatic rings. The summed E-state index contributed by atoms with van der Waals surface area (Å²) in [6.07, 6.45) is 3.84. The largest absolute Gasteiger partial charge is 0.469 e. The molecule has 1 aliphatic heterocycles. The Labute approximate surface area is 172 Å². The van der Waals surface area contributed by atoms with Crippen LogP contribution in [0.4, 0.5) is 0 Å². The van der Waals surface area contributed by atoms with Gasteiger partial charge in [-0.05, 0) is 24.5 Å². The van der Waals surface area contributed by atoms with E-state index >= 15 is 0 Å². The van der Waals surface area contributed by atoms with Gasteiger partial charge < -0.3 is 19.5 Å². The molecule has 0 aromatic carbocycles. The molecular weight excluding hydrogens is 376 g/mol. The molecule has 2 unspecified atom stereocenters. The van der Waals surface area contributed by atoms with Gasteiger partial charge in [0.2, 0.25) is 0 Å². The molecule has 28 heavy (non-hydrogen) atoms. The van der Waals surface area contributed by atoms with Gasteiger partial charge in [0.05, 0.1) is 13.0 Å². The number of thioether (sulfide) groups is 1. The predicted molar refractivity (Wildman–Crippen MR) is 113 cm³/mol. The molecule has 158 valence electrons. The molecule has 1 aromatic rings. The first kappa shape index (κ1) is 22.5. The second-order valence-electron chi connectivity index (χ2n) is 7.70. The lowest BCUT2D eigenvalue weighted by Crippen LogP contribution is -2.41. The van der Waals surface area contributed by atoms with Crippen molar-refractivity contribution in [2.24, 2.45) is 22.7 Å². The van der Waals surface area contributed by atoms with Crippen LogP contribution in [-0.2, 0) is 22.5 Å². The van der Waals surface area contributed by atoms with Crippen LogP contribution >= 0.6 is 11.8 Å². The number of nitrogens with one attached hydrogen (secondary N) is 1. The number of aromatic nitrogens is 3. The van der Waals surface area contributed by atoms with E-state index in [4.69, 9.17) is 4.74 Å². The predicted octanol–water partition coefficient (Wildman–Crippen LogP) is 1.90. The molecule has 2 heterocycles. The first-order valence-corrected chi connectivity index (χ1v) is 11.1. The molecule has 9 heteroatoms. The fraction of sp³-hybridized carbons (Fsp3) is 0.789. The highest BCUT2D eigenvalue weighted by molar-refractivity contribution is 7.98. The van der Waals surface area contributed by atoms with Crippen molar-refractivity contribution < 1.29 is 9.53 Å². The van der Waals surface area contributed by atoms with Crippen molar-refractivity contribution in [3.8, 4) is 0 Å². The van der Waals surface area contributed by atoms with Crippen LogP contribution < -0.4 is 5.32 Å². The van der Waals surface area contributed by atoms with Crippen LogP contribution in [0.5, 0.6) is 0 Å². The highest BCUT2D eigenvalue weighted by Crippen LogP contribution is 2.24. The highest BCUT2D eigenvalue weighted by atomic mass is 32.2. The Kier molecular flexibility index (Phi) is 8.59. The minimum absolute atomic E-state index is 0.0944. The number of nitrogens with zero attached hydrogens (tertiary/aromatic N) is 5. The van der Waals surface area contributed by atoms with Crippen LogP contribution in [0.2, 0.25) is 0 Å². The number of carbonyl (C=O) groups excluding carboxylic acids is 1. The van der Waals surface area contributed by atoms with E-state index < -0.39 is 0 Å². The van der Waals surface area contributed by atoms with Crippen molar-refractivity contribution in [2.45, 2.75) is 45.3 Å². The van der Waals surface area contributed by atoms with E-state index in [2.05, 4.69) is 50.7 Å². The number of aliphatic imine (C=N–C) groups is 1. The number of carbonyl (C=O) groups is 1. The quantitative estimate of drug-likeness (QED) is 0.230. The zero-order valence-corrected chi connectivity index (χ0v) is 18.8. The fourth-order valence-corrected chi connectivity index (χ4v) is 4.10. The molecule has 0 radical (unpaired) electrons. The Morgan fingerprint density at radius 3 is 2.75 bits per heavy atom. The lowest BCUT2D eigenvalue weighted by molar-refractivity contribution is -0.145. The number of likely N-dealkylation sites (tertiary alicyclic amines) is 1. The lowest BCUT2D eigenvalue weighted by Gasteiger charge is -2.21. The monoisotopic (exact) mass is 410 g/mol. The van der Waals surface area contributed by atoms with Gasteiger partial charge in [0.15, 0.2) is 11.1 Å². The third-order valence-corrected chi connectivity index (χ3v) is 5.68. The van der Waals surface area contributed by atoms with Gasteiger partial charge in [-0.2, -0.15) is 0 Å². The molecule has 0 amide bonds. The summed E-state index contributed by atoms with van der Waals surface area (Å²) >= 11 is 1.64. The molecule has 0 saturated carbocycles. The Hall–Kier alpha value is -1.77. The molecule has 2 rings (SSSR count). The van der Waals surface area contributed by atoms with Gasteiger partial charge in [-0.3, -0.25) is 9.79 Å². The molecule has 1 fully saturated rings. The summed E-state index contributed by atoms with van der Waals surface area (Å²) in [5.41, 5.74) is 0. The van der Waals surface area contributed by atoms with Gasteiger partial charge in [0, 0.05) is 39.6 Å². The van der Waals surface area contributed by atoms with Gasteiger partial charge >= 0.3 is 5.97 Å². The summed E-state index contributed by atoms with van der Waals surface area (Å²) < 4.78 is 7.15. The molecule has 2 atom stereocenters. The minimum Gasteiger partial charge on any atom is -0.469 e. The van der Waals surface area contributed by atoms with Crippen LogP contribution in [-0.4, -0.2) is 71.6 Å². The normalized spacial score (nSPS) is 20.1. The third kappa shape index (κ3) is 5.62. The number of ether oxygens (including phenoxy) is 1. The topological polar surface area (TPSA) is 84.6 Å². The number of rotatable bonds is 8. The second-order valence-corrected chi connectivity index (χ2v) is 8.47. The summed E-state index contributed by atoms with van der Waals surface area (Å²) in [5, 5.41) is 13.1. The van der Waals surface area contributed by atoms with E-state index in [0.29, 0.717) is 12.5 Å². The minimum atomic E-state index is -0.139. The van der Waals surface area contributed by atoms with Crippen molar-refractivity contribution in [2.75, 3.05) is 40.0 Å². The summed E-state index contributed by atoms with van der Waals surface area (Å²) in [6.45, 7) is 9.68. The first-order valence-electron chi connectivity index (χ1n) is 9.90. The first-order chi connectivity index (χ1) is 13.4. The van der Waals surface area contributed by atoms with Crippen molar-refractivity contribution in [3.63, 3.8) is 0 Å². The summed E-state index contributed by atoms with van der Waals surface area (Å²) in [6, 6.07) is 0. The van der Waals surface area contributed by atoms with Crippen LogP contribution in [0.15, 0.2) is 10.1 Å². The fourth-order valence-electron chi connectivity index (χ4n) is 3.58. The van der Waals surface area contributed by atoms with Crippen LogP contribution in [0, 0.1) is 17.8 Å². The van der Waals surface area contributed by atoms with Gasteiger partial charge in [-0.25, -0.2) is 0 Å². The van der Waals surface area contributed by atoms with E-state index in [0.717, 1.165) is 49.4 Å². The van der Waals surface area contributed by atoms with Crippen molar-refractivity contribution in [1.82, 2.24) is 25.0 Å². The number of guanidine groups is 1. The van der Waals surface area contributed by atoms with Gasteiger partial charge in [0.25, 0.3) is 0 Å². The van der Waals surface area contributed by atoms with Gasteiger partial charge in [0.1, 0.15) is 5.82 Å². The van der Waals surface area contributed by atoms with E-state index in [1.54, 1.807) is 18.8 Å². The summed E-state index contributed by atoms with van der Waals surface area (Å²) in [4.78, 5) is 18.4. The van der Waals surface area contributed by atoms with Crippen molar-refractivity contribution in [1.29, 1.82) is 0 Å². The summed E-state index contributed by atoms with van der Waals surface area (Å²) in [7, 11) is 3.23. The maximum absolute atomic E-state index is 11.9. The number of hydrogen-bond acceptors (Lipinski definition) is 6. The lowest BCUT2D eigenvalue weighted by atomic mass is 9.99. The Balaban J connectivity index is 1.86. The molecule has 0 aliphatic carbocycles. The van der Waals surface area contributed by atoms with Crippen LogP contribution in [0.1, 0.15) is 33.0 Å².